The third kappa shape index (κ3) is 4.52. The lowest BCUT2D eigenvalue weighted by atomic mass is 9.79. The first-order chi connectivity index (χ1) is 16.8. The first kappa shape index (κ1) is 23.4. The zero-order valence-electron chi connectivity index (χ0n) is 19.3. The number of aryl methyl sites for hydroxylation is 1. The van der Waals surface area contributed by atoms with Gasteiger partial charge in [-0.15, -0.1) is 0 Å². The smallest absolute Gasteiger partial charge is 0.296 e. The first-order valence-corrected chi connectivity index (χ1v) is 10.7. The number of anilines is 1. The van der Waals surface area contributed by atoms with E-state index in [1.807, 2.05) is 38.1 Å². The fraction of sp³-hybridized carbons (Fsp3) is 0.200. The van der Waals surface area contributed by atoms with E-state index in [0.29, 0.717) is 5.56 Å². The molecule has 176 valence electrons. The normalized spacial score (nSPS) is 12.5. The maximum absolute atomic E-state index is 12.9. The molecule has 0 fully saturated rings. The lowest BCUT2D eigenvalue weighted by Crippen LogP contribution is -2.29. The van der Waals surface area contributed by atoms with Crippen molar-refractivity contribution in [3.05, 3.63) is 99.3 Å². The van der Waals surface area contributed by atoms with Gasteiger partial charge in [0.15, 0.2) is 5.69 Å². The van der Waals surface area contributed by atoms with Crippen LogP contribution in [0.2, 0.25) is 0 Å². The molecule has 0 saturated carbocycles. The Labute approximate surface area is 200 Å². The van der Waals surface area contributed by atoms with Gasteiger partial charge in [0.1, 0.15) is 17.8 Å². The summed E-state index contributed by atoms with van der Waals surface area (Å²) in [5, 5.41) is 26.2. The number of carbonyl (C=O) groups is 1. The number of benzene rings is 1. The van der Waals surface area contributed by atoms with Gasteiger partial charge >= 0.3 is 0 Å². The summed E-state index contributed by atoms with van der Waals surface area (Å²) in [6, 6.07) is 13.2. The summed E-state index contributed by atoms with van der Waals surface area (Å²) in [7, 11) is 1.48. The molecule has 4 aromatic rings. The van der Waals surface area contributed by atoms with Gasteiger partial charge in [-0.2, -0.15) is 5.26 Å². The van der Waals surface area contributed by atoms with Crippen LogP contribution in [0.5, 0.6) is 5.75 Å². The topological polar surface area (TPSA) is 147 Å². The predicted molar refractivity (Wildman–Crippen MR) is 126 cm³/mol. The van der Waals surface area contributed by atoms with Crippen molar-refractivity contribution in [3.63, 3.8) is 0 Å². The Bertz CT molecular complexity index is 1490. The van der Waals surface area contributed by atoms with Gasteiger partial charge in [-0.3, -0.25) is 19.1 Å². The van der Waals surface area contributed by atoms with E-state index in [9.17, 15) is 20.0 Å². The Balaban J connectivity index is 1.87. The Kier molecular flexibility index (Phi) is 6.42. The first-order valence-electron chi connectivity index (χ1n) is 10.7. The number of amides is 1. The number of nitrogens with zero attached hydrogens (tertiary/aromatic N) is 5. The van der Waals surface area contributed by atoms with Gasteiger partial charge in [0.2, 0.25) is 5.75 Å². The number of rotatable bonds is 6. The van der Waals surface area contributed by atoms with Crippen LogP contribution in [0, 0.1) is 18.3 Å². The Morgan fingerprint density at radius 3 is 2.74 bits per heavy atom. The second-order valence-corrected chi connectivity index (χ2v) is 8.09. The highest BCUT2D eigenvalue weighted by Crippen LogP contribution is 2.39. The van der Waals surface area contributed by atoms with Gasteiger partial charge in [0.25, 0.3) is 11.5 Å². The van der Waals surface area contributed by atoms with Gasteiger partial charge in [0.05, 0.1) is 17.8 Å². The lowest BCUT2D eigenvalue weighted by Gasteiger charge is -2.27. The number of aromatic nitrogens is 4. The molecule has 10 heteroatoms. The van der Waals surface area contributed by atoms with Crippen molar-refractivity contribution < 1.29 is 14.4 Å². The van der Waals surface area contributed by atoms with E-state index < -0.39 is 34.7 Å². The average molecular weight is 470 g/mol. The minimum atomic E-state index is -0.786. The van der Waals surface area contributed by atoms with Gasteiger partial charge < -0.3 is 14.9 Å². The summed E-state index contributed by atoms with van der Waals surface area (Å²) < 4.78 is 5.92. The number of nitriles is 1. The molecule has 0 aliphatic rings. The van der Waals surface area contributed by atoms with E-state index in [2.05, 4.69) is 26.5 Å². The standard InChI is InChI=1S/C25H22N6O4/c1-14-10-16(8-9-27-14)20(19-7-5-4-6-17(19)11-26)15(2)23-30-21(22(32)25(34)31(23)3)24(33)29-18-12-28-35-13-18/h4-10,12-13,15,20,32H,1-3H3,(H,29,33). The minimum absolute atomic E-state index is 0.250. The molecule has 2 atom stereocenters. The highest BCUT2D eigenvalue weighted by molar-refractivity contribution is 6.04. The zero-order valence-corrected chi connectivity index (χ0v) is 19.3. The van der Waals surface area contributed by atoms with Crippen LogP contribution in [0.3, 0.4) is 0 Å². The van der Waals surface area contributed by atoms with Crippen LogP contribution in [0.4, 0.5) is 5.69 Å². The summed E-state index contributed by atoms with van der Waals surface area (Å²) >= 11 is 0. The van der Waals surface area contributed by atoms with Crippen LogP contribution in [0.15, 0.2) is 64.4 Å². The molecule has 3 heterocycles. The van der Waals surface area contributed by atoms with Crippen molar-refractivity contribution in [2.24, 2.45) is 7.05 Å². The minimum Gasteiger partial charge on any atom is -0.501 e. The molecule has 2 N–H and O–H groups in total. The van der Waals surface area contributed by atoms with Crippen LogP contribution >= 0.6 is 0 Å². The monoisotopic (exact) mass is 470 g/mol. The van der Waals surface area contributed by atoms with Crippen LogP contribution < -0.4 is 10.9 Å². The Morgan fingerprint density at radius 2 is 2.06 bits per heavy atom. The van der Waals surface area contributed by atoms with Crippen LogP contribution in [-0.4, -0.2) is 30.7 Å². The number of nitrogens with one attached hydrogen (secondary N) is 1. The van der Waals surface area contributed by atoms with E-state index in [1.165, 1.54) is 24.1 Å². The molecule has 0 saturated heterocycles. The van der Waals surface area contributed by atoms with E-state index in [1.54, 1.807) is 18.3 Å². The molecular formula is C25H22N6O4. The summed E-state index contributed by atoms with van der Waals surface area (Å²) in [5.41, 5.74) is 1.93. The quantitative estimate of drug-likeness (QED) is 0.436. The fourth-order valence-electron chi connectivity index (χ4n) is 4.15. The second-order valence-electron chi connectivity index (χ2n) is 8.09. The van der Waals surface area contributed by atoms with E-state index >= 15 is 0 Å². The van der Waals surface area contributed by atoms with E-state index in [4.69, 9.17) is 4.52 Å². The molecule has 35 heavy (non-hydrogen) atoms. The maximum atomic E-state index is 12.9. The Morgan fingerprint density at radius 1 is 1.29 bits per heavy atom. The summed E-state index contributed by atoms with van der Waals surface area (Å²) in [4.78, 5) is 34.4. The maximum Gasteiger partial charge on any atom is 0.296 e. The summed E-state index contributed by atoms with van der Waals surface area (Å²) in [6.45, 7) is 3.72. The second kappa shape index (κ2) is 9.61. The third-order valence-electron chi connectivity index (χ3n) is 5.81. The van der Waals surface area contributed by atoms with E-state index in [0.717, 1.165) is 16.8 Å². The Hall–Kier alpha value is -4.78. The van der Waals surface area contributed by atoms with Crippen LogP contribution in [-0.2, 0) is 7.05 Å². The molecular weight excluding hydrogens is 448 g/mol. The van der Waals surface area contributed by atoms with Crippen molar-refractivity contribution in [2.45, 2.75) is 25.7 Å². The summed E-state index contributed by atoms with van der Waals surface area (Å²) in [6.07, 6.45) is 4.17. The third-order valence-corrected chi connectivity index (χ3v) is 5.81. The highest BCUT2D eigenvalue weighted by Gasteiger charge is 2.30. The van der Waals surface area contributed by atoms with Gasteiger partial charge in [0, 0.05) is 30.8 Å². The molecule has 4 rings (SSSR count). The van der Waals surface area contributed by atoms with Crippen molar-refractivity contribution in [1.29, 1.82) is 5.26 Å². The van der Waals surface area contributed by atoms with E-state index in [-0.39, 0.29) is 11.5 Å². The van der Waals surface area contributed by atoms with Gasteiger partial charge in [-0.1, -0.05) is 30.3 Å². The molecule has 0 spiro atoms. The molecule has 1 amide bonds. The largest absolute Gasteiger partial charge is 0.501 e. The molecule has 10 nitrogen and oxygen atoms in total. The van der Waals surface area contributed by atoms with Crippen molar-refractivity contribution in [3.8, 4) is 11.8 Å². The molecule has 0 aliphatic carbocycles. The number of hydrogen-bond donors (Lipinski definition) is 2. The van der Waals surface area contributed by atoms with Crippen molar-refractivity contribution in [1.82, 2.24) is 19.7 Å². The molecule has 0 radical (unpaired) electrons. The SMILES string of the molecule is Cc1cc(C(c2ccccc2C#N)C(C)c2nc(C(=O)Nc3cnoc3)c(O)c(=O)n2C)ccn1. The fourth-order valence-corrected chi connectivity index (χ4v) is 4.15. The van der Waals surface area contributed by atoms with Gasteiger partial charge in [-0.25, -0.2) is 4.98 Å². The summed E-state index contributed by atoms with van der Waals surface area (Å²) in [5.74, 6) is -2.18. The molecule has 0 aliphatic heterocycles. The lowest BCUT2D eigenvalue weighted by molar-refractivity contribution is 0.101. The molecule has 1 aromatic carbocycles. The molecule has 2 unspecified atom stereocenters. The number of hydrogen-bond acceptors (Lipinski definition) is 8. The zero-order chi connectivity index (χ0) is 25.1. The van der Waals surface area contributed by atoms with Crippen molar-refractivity contribution >= 4 is 11.6 Å². The predicted octanol–water partition coefficient (Wildman–Crippen LogP) is 3.24. The van der Waals surface area contributed by atoms with Gasteiger partial charge in [-0.05, 0) is 36.2 Å². The number of carbonyl (C=O) groups excluding carboxylic acids is 1. The number of pyridine rings is 1. The average Bonchev–Trinajstić information content (AvgIpc) is 3.36. The van der Waals surface area contributed by atoms with Crippen LogP contribution in [0.1, 0.15) is 57.5 Å². The van der Waals surface area contributed by atoms with Crippen molar-refractivity contribution in [2.75, 3.05) is 5.32 Å². The van der Waals surface area contributed by atoms with Crippen LogP contribution in [0.25, 0.3) is 0 Å². The highest BCUT2D eigenvalue weighted by atomic mass is 16.5. The number of aromatic hydroxyl groups is 1. The molecule has 0 bridgehead atoms. The molecule has 3 aromatic heterocycles.